The molecule has 3 atom stereocenters. The molecule has 0 spiro atoms. The Labute approximate surface area is 265 Å². The quantitative estimate of drug-likeness (QED) is 0.0811. The summed E-state index contributed by atoms with van der Waals surface area (Å²) in [5, 5.41) is 2.19. The van der Waals surface area contributed by atoms with Crippen LogP contribution in [-0.4, -0.2) is 33.4 Å². The molecule has 1 aliphatic rings. The van der Waals surface area contributed by atoms with Gasteiger partial charge in [-0.15, -0.1) is 0 Å². The number of esters is 1. The molecule has 0 saturated heterocycles. The van der Waals surface area contributed by atoms with E-state index in [1.807, 2.05) is 19.1 Å². The SMILES string of the molecule is C=C1C[C@H](O[Si](c2ccccc2)(c2ccccc2)C(C)(C)C)[C@H](CC=CCCCC(=O)OC)[C@H]1C=CC(F)(F)CCCCC. The molecule has 44 heavy (non-hydrogen) atoms. The van der Waals surface area contributed by atoms with Crippen LogP contribution in [0.5, 0.6) is 0 Å². The summed E-state index contributed by atoms with van der Waals surface area (Å²) in [7, 11) is -1.46. The third-order valence-corrected chi connectivity index (χ3v) is 13.9. The van der Waals surface area contributed by atoms with Crippen LogP contribution in [0.25, 0.3) is 0 Å². The van der Waals surface area contributed by atoms with Crippen molar-refractivity contribution in [2.45, 2.75) is 103 Å². The van der Waals surface area contributed by atoms with Gasteiger partial charge in [-0.3, -0.25) is 4.79 Å². The highest BCUT2D eigenvalue weighted by atomic mass is 28.4. The van der Waals surface area contributed by atoms with Gasteiger partial charge in [-0.25, -0.2) is 8.78 Å². The number of unbranched alkanes of at least 4 members (excludes halogenated alkanes) is 3. The van der Waals surface area contributed by atoms with Crippen molar-refractivity contribution in [1.29, 1.82) is 0 Å². The van der Waals surface area contributed by atoms with E-state index in [9.17, 15) is 13.6 Å². The molecule has 3 nitrogen and oxygen atoms in total. The molecular weight excluding hydrogens is 570 g/mol. The fraction of sp³-hybridized carbons (Fsp3) is 0.500. The second kappa shape index (κ2) is 16.5. The number of rotatable bonds is 16. The summed E-state index contributed by atoms with van der Waals surface area (Å²) in [5.41, 5.74) is 0.942. The van der Waals surface area contributed by atoms with Crippen LogP contribution in [0, 0.1) is 11.8 Å². The topological polar surface area (TPSA) is 35.5 Å². The van der Waals surface area contributed by atoms with Crippen LogP contribution < -0.4 is 10.4 Å². The molecule has 2 aromatic rings. The number of hydrogen-bond donors (Lipinski definition) is 0. The Hall–Kier alpha value is -2.83. The number of allylic oxidation sites excluding steroid dienone is 4. The number of carbonyl (C=O) groups excluding carboxylic acids is 1. The maximum absolute atomic E-state index is 14.9. The standard InChI is InChI=1S/C38H52F2O3Si/c1-7-8-19-27-38(39,40)28-26-33-30(2)29-35(34(33)24-17-9-10-18-25-36(41)42-6)43-44(37(3,4)5,31-20-13-11-14-21-31)32-22-15-12-16-23-32/h9,11-17,20-23,26,28,33-35H,2,7-8,10,18-19,24-25,27,29H2,1,3-6H3/t33-,34+,35-/m0/s1. The normalized spacial score (nSPS) is 19.7. The van der Waals surface area contributed by atoms with Gasteiger partial charge >= 0.3 is 5.97 Å². The number of carbonyl (C=O) groups is 1. The van der Waals surface area contributed by atoms with Crippen LogP contribution in [0.3, 0.4) is 0 Å². The Bertz CT molecular complexity index is 1190. The van der Waals surface area contributed by atoms with E-state index >= 15 is 0 Å². The molecule has 0 aliphatic heterocycles. The molecule has 1 aliphatic carbocycles. The zero-order chi connectivity index (χ0) is 32.2. The van der Waals surface area contributed by atoms with Crippen molar-refractivity contribution in [2.24, 2.45) is 11.8 Å². The third kappa shape index (κ3) is 9.34. The molecule has 0 N–H and O–H groups in total. The van der Waals surface area contributed by atoms with Gasteiger partial charge in [0, 0.05) is 18.8 Å². The highest BCUT2D eigenvalue weighted by Gasteiger charge is 2.53. The minimum atomic E-state index is -2.86. The monoisotopic (exact) mass is 622 g/mol. The third-order valence-electron chi connectivity index (χ3n) is 8.83. The average Bonchev–Trinajstić information content (AvgIpc) is 3.29. The number of methoxy groups -OCH3 is 1. The summed E-state index contributed by atoms with van der Waals surface area (Å²) in [6, 6.07) is 21.1. The molecule has 1 saturated carbocycles. The minimum absolute atomic E-state index is 0.0382. The maximum atomic E-state index is 14.9. The lowest BCUT2D eigenvalue weighted by atomic mass is 9.89. The fourth-order valence-electron chi connectivity index (χ4n) is 6.48. The lowest BCUT2D eigenvalue weighted by molar-refractivity contribution is -0.140. The molecule has 6 heteroatoms. The molecule has 0 radical (unpaired) electrons. The van der Waals surface area contributed by atoms with Crippen LogP contribution in [0.2, 0.25) is 5.04 Å². The summed E-state index contributed by atoms with van der Waals surface area (Å²) in [5.74, 6) is -3.31. The van der Waals surface area contributed by atoms with Crippen molar-refractivity contribution >= 4 is 24.7 Å². The summed E-state index contributed by atoms with van der Waals surface area (Å²) in [6.45, 7) is 13.2. The highest BCUT2D eigenvalue weighted by Crippen LogP contribution is 2.46. The van der Waals surface area contributed by atoms with Gasteiger partial charge in [0.1, 0.15) is 0 Å². The maximum Gasteiger partial charge on any atom is 0.305 e. The lowest BCUT2D eigenvalue weighted by Gasteiger charge is -2.45. The second-order valence-corrected chi connectivity index (χ2v) is 17.4. The van der Waals surface area contributed by atoms with E-state index in [0.29, 0.717) is 32.1 Å². The van der Waals surface area contributed by atoms with E-state index in [4.69, 9.17) is 9.16 Å². The predicted molar refractivity (Wildman–Crippen MR) is 181 cm³/mol. The van der Waals surface area contributed by atoms with Gasteiger partial charge in [-0.2, -0.15) is 0 Å². The van der Waals surface area contributed by atoms with Crippen LogP contribution in [0.4, 0.5) is 8.78 Å². The summed E-state index contributed by atoms with van der Waals surface area (Å²) >= 11 is 0. The Balaban J connectivity index is 1.99. The summed E-state index contributed by atoms with van der Waals surface area (Å²) < 4.78 is 42.1. The van der Waals surface area contributed by atoms with Crippen molar-refractivity contribution in [1.82, 2.24) is 0 Å². The number of ether oxygens (including phenoxy) is 1. The van der Waals surface area contributed by atoms with E-state index in [0.717, 1.165) is 30.9 Å². The molecule has 240 valence electrons. The molecule has 2 aromatic carbocycles. The number of benzene rings is 2. The molecular formula is C38H52F2O3Si. The first-order valence-corrected chi connectivity index (χ1v) is 18.1. The molecule has 0 heterocycles. The lowest BCUT2D eigenvalue weighted by Crippen LogP contribution is -2.68. The Morgan fingerprint density at radius 2 is 1.59 bits per heavy atom. The number of alkyl halides is 2. The van der Waals surface area contributed by atoms with Crippen molar-refractivity contribution in [3.05, 3.63) is 97.1 Å². The minimum Gasteiger partial charge on any atom is -0.469 e. The van der Waals surface area contributed by atoms with Crippen molar-refractivity contribution in [3.8, 4) is 0 Å². The van der Waals surface area contributed by atoms with Crippen molar-refractivity contribution < 1.29 is 22.7 Å². The van der Waals surface area contributed by atoms with Gasteiger partial charge in [0.05, 0.1) is 13.2 Å². The zero-order valence-corrected chi connectivity index (χ0v) is 28.4. The second-order valence-electron chi connectivity index (χ2n) is 13.1. The largest absolute Gasteiger partial charge is 0.469 e. The molecule has 0 bridgehead atoms. The smallest absolute Gasteiger partial charge is 0.305 e. The van der Waals surface area contributed by atoms with Gasteiger partial charge in [-0.1, -0.05) is 132 Å². The van der Waals surface area contributed by atoms with Gasteiger partial charge in [0.2, 0.25) is 0 Å². The van der Waals surface area contributed by atoms with Gasteiger partial charge in [0.25, 0.3) is 14.2 Å². The predicted octanol–water partition coefficient (Wildman–Crippen LogP) is 9.19. The van der Waals surface area contributed by atoms with Gasteiger partial charge < -0.3 is 9.16 Å². The molecule has 0 unspecified atom stereocenters. The van der Waals surface area contributed by atoms with E-state index in [1.165, 1.54) is 17.5 Å². The van der Waals surface area contributed by atoms with E-state index in [1.54, 1.807) is 6.08 Å². The summed E-state index contributed by atoms with van der Waals surface area (Å²) in [4.78, 5) is 11.5. The fourth-order valence-corrected chi connectivity index (χ4v) is 11.2. The van der Waals surface area contributed by atoms with Crippen molar-refractivity contribution in [2.75, 3.05) is 7.11 Å². The Morgan fingerprint density at radius 3 is 2.14 bits per heavy atom. The number of halogens is 2. The van der Waals surface area contributed by atoms with Crippen molar-refractivity contribution in [3.63, 3.8) is 0 Å². The molecule has 0 aromatic heterocycles. The van der Waals surface area contributed by atoms with Crippen LogP contribution in [0.1, 0.15) is 85.5 Å². The van der Waals surface area contributed by atoms with E-state index < -0.39 is 14.2 Å². The Kier molecular flexibility index (Phi) is 13.3. The first-order valence-electron chi connectivity index (χ1n) is 16.2. The first kappa shape index (κ1) is 35.6. The van der Waals surface area contributed by atoms with Gasteiger partial charge in [0.15, 0.2) is 0 Å². The Morgan fingerprint density at radius 1 is 0.977 bits per heavy atom. The zero-order valence-electron chi connectivity index (χ0n) is 27.4. The van der Waals surface area contributed by atoms with Crippen LogP contribution in [-0.2, 0) is 14.0 Å². The molecule has 3 rings (SSSR count). The molecule has 0 amide bonds. The summed E-state index contributed by atoms with van der Waals surface area (Å²) in [6.07, 6.45) is 12.1. The highest BCUT2D eigenvalue weighted by molar-refractivity contribution is 6.99. The average molecular weight is 623 g/mol. The van der Waals surface area contributed by atoms with E-state index in [-0.39, 0.29) is 35.4 Å². The number of hydrogen-bond acceptors (Lipinski definition) is 3. The first-order chi connectivity index (χ1) is 20.9. The van der Waals surface area contributed by atoms with Crippen LogP contribution >= 0.6 is 0 Å². The molecule has 1 fully saturated rings. The van der Waals surface area contributed by atoms with E-state index in [2.05, 4.69) is 88.0 Å². The van der Waals surface area contributed by atoms with Gasteiger partial charge in [-0.05, 0) is 59.5 Å². The van der Waals surface area contributed by atoms with Crippen LogP contribution in [0.15, 0.2) is 97.1 Å².